The highest BCUT2D eigenvalue weighted by atomic mass is 32.2. The first kappa shape index (κ1) is 31.0. The van der Waals surface area contributed by atoms with Gasteiger partial charge < -0.3 is 20.6 Å². The highest BCUT2D eigenvalue weighted by Gasteiger charge is 2.38. The maximum absolute atomic E-state index is 12.2. The van der Waals surface area contributed by atoms with Crippen molar-refractivity contribution in [3.05, 3.63) is 54.9 Å². The van der Waals surface area contributed by atoms with Crippen LogP contribution in [0.5, 0.6) is 0 Å². The predicted octanol–water partition coefficient (Wildman–Crippen LogP) is 5.22. The van der Waals surface area contributed by atoms with Gasteiger partial charge in [-0.3, -0.25) is 0 Å². The number of aromatic nitrogens is 2. The van der Waals surface area contributed by atoms with Gasteiger partial charge in [0.15, 0.2) is 0 Å². The fourth-order valence-electron chi connectivity index (χ4n) is 3.76. The molecule has 1 aliphatic heterocycles. The first-order valence-corrected chi connectivity index (χ1v) is 14.8. The predicted molar refractivity (Wildman–Crippen MR) is 149 cm³/mol. The number of carboxylic acid groups (broad SMARTS) is 1. The highest BCUT2D eigenvalue weighted by molar-refractivity contribution is 7.98. The number of hydrogen-bond donors (Lipinski definition) is 4. The van der Waals surface area contributed by atoms with Gasteiger partial charge in [0.2, 0.25) is 10.0 Å². The summed E-state index contributed by atoms with van der Waals surface area (Å²) in [5, 5.41) is 13.7. The highest BCUT2D eigenvalue weighted by Crippen LogP contribution is 2.31. The van der Waals surface area contributed by atoms with Gasteiger partial charge in [0.1, 0.15) is 18.0 Å². The molecule has 10 nitrogen and oxygen atoms in total. The van der Waals surface area contributed by atoms with E-state index in [-0.39, 0.29) is 4.90 Å². The molecule has 1 aliphatic rings. The maximum atomic E-state index is 12.2. The van der Waals surface area contributed by atoms with E-state index in [1.165, 1.54) is 50.1 Å². The Bertz CT molecular complexity index is 1400. The van der Waals surface area contributed by atoms with Gasteiger partial charge in [-0.2, -0.15) is 13.2 Å². The number of thioether (sulfide) groups is 1. The zero-order chi connectivity index (χ0) is 29.3. The molecule has 1 aromatic heterocycles. The molecule has 2 aromatic carbocycles. The van der Waals surface area contributed by atoms with E-state index in [1.54, 1.807) is 24.3 Å². The van der Waals surface area contributed by atoms with E-state index >= 15 is 0 Å². The minimum absolute atomic E-state index is 0.187. The van der Waals surface area contributed by atoms with E-state index in [1.807, 2.05) is 6.26 Å². The van der Waals surface area contributed by atoms with Crippen molar-refractivity contribution in [1.82, 2.24) is 14.7 Å². The van der Waals surface area contributed by atoms with Crippen LogP contribution in [-0.4, -0.2) is 62.0 Å². The summed E-state index contributed by atoms with van der Waals surface area (Å²) in [6, 6.07) is 15.1. The minimum Gasteiger partial charge on any atom is -0.475 e. The molecule has 0 unspecified atom stereocenters. The quantitative estimate of drug-likeness (QED) is 0.256. The molecule has 2 heterocycles. The summed E-state index contributed by atoms with van der Waals surface area (Å²) in [7, 11) is -2.15. The number of nitrogens with one attached hydrogen (secondary N) is 3. The molecule has 3 aromatic rings. The molecule has 4 N–H and O–H groups in total. The molecule has 1 fully saturated rings. The van der Waals surface area contributed by atoms with E-state index in [0.29, 0.717) is 17.3 Å². The van der Waals surface area contributed by atoms with Crippen LogP contribution >= 0.6 is 11.8 Å². The molecule has 0 bridgehead atoms. The second-order valence-electron chi connectivity index (χ2n) is 8.51. The average Bonchev–Trinajstić information content (AvgIpc) is 2.94. The van der Waals surface area contributed by atoms with Crippen LogP contribution in [0.1, 0.15) is 19.3 Å². The molecular formula is C25H29F3N6O4S2. The van der Waals surface area contributed by atoms with E-state index in [2.05, 4.69) is 54.5 Å². The molecule has 0 aliphatic carbocycles. The molecular weight excluding hydrogens is 569 g/mol. The fourth-order valence-corrected chi connectivity index (χ4v) is 5.05. The molecule has 0 amide bonds. The van der Waals surface area contributed by atoms with Crippen LogP contribution in [0.25, 0.3) is 0 Å². The average molecular weight is 599 g/mol. The van der Waals surface area contributed by atoms with E-state index in [0.717, 1.165) is 23.7 Å². The summed E-state index contributed by atoms with van der Waals surface area (Å²) in [5.41, 5.74) is 2.84. The number of halogens is 3. The molecule has 0 atom stereocenters. The van der Waals surface area contributed by atoms with Crippen molar-refractivity contribution in [3.63, 3.8) is 0 Å². The monoisotopic (exact) mass is 598 g/mol. The topological polar surface area (TPSA) is 137 Å². The lowest BCUT2D eigenvalue weighted by atomic mass is 10.1. The van der Waals surface area contributed by atoms with Gasteiger partial charge in [0, 0.05) is 35.4 Å². The lowest BCUT2D eigenvalue weighted by Gasteiger charge is -2.28. The van der Waals surface area contributed by atoms with Gasteiger partial charge in [-0.05, 0) is 75.0 Å². The number of piperidine rings is 1. The van der Waals surface area contributed by atoms with Crippen LogP contribution in [0.3, 0.4) is 0 Å². The lowest BCUT2D eigenvalue weighted by Crippen LogP contribution is -2.29. The number of nitrogens with zero attached hydrogens (tertiary/aromatic N) is 3. The molecule has 1 saturated heterocycles. The Balaban J connectivity index is 0.000000559. The standard InChI is InChI=1S/C23H28N6O2S2.C2HF3O2/c1-24-33(30,31)19-10-11-21(32-2)20(14-19)28-23-15-22(25-16-26-23)27-17-6-8-18(9-7-17)29-12-4-3-5-13-29;3-2(4,5)1(6)7/h6-11,14-16,24H,3-5,12-13H2,1-2H3,(H2,25,26,27,28);(H,6,7). The van der Waals surface area contributed by atoms with Crippen molar-refractivity contribution in [1.29, 1.82) is 0 Å². The zero-order valence-corrected chi connectivity index (χ0v) is 23.3. The van der Waals surface area contributed by atoms with Crippen molar-refractivity contribution in [2.75, 3.05) is 41.9 Å². The molecule has 0 spiro atoms. The maximum Gasteiger partial charge on any atom is 0.490 e. The van der Waals surface area contributed by atoms with Gasteiger partial charge in [-0.1, -0.05) is 0 Å². The van der Waals surface area contributed by atoms with Gasteiger partial charge in [-0.15, -0.1) is 11.8 Å². The summed E-state index contributed by atoms with van der Waals surface area (Å²) in [5.74, 6) is -1.55. The van der Waals surface area contributed by atoms with Crippen LogP contribution < -0.4 is 20.3 Å². The Morgan fingerprint density at radius 1 is 0.975 bits per heavy atom. The molecule has 40 heavy (non-hydrogen) atoms. The largest absolute Gasteiger partial charge is 0.490 e. The first-order chi connectivity index (χ1) is 18.9. The number of aliphatic carboxylic acids is 1. The normalized spacial score (nSPS) is 13.7. The van der Waals surface area contributed by atoms with Crippen LogP contribution in [0.4, 0.5) is 41.9 Å². The third-order valence-electron chi connectivity index (χ3n) is 5.78. The summed E-state index contributed by atoms with van der Waals surface area (Å²) in [6.45, 7) is 2.23. The van der Waals surface area contributed by atoms with Crippen LogP contribution in [0.15, 0.2) is 64.6 Å². The third-order valence-corrected chi connectivity index (χ3v) is 7.99. The molecule has 216 valence electrons. The SMILES string of the molecule is CNS(=O)(=O)c1ccc(SC)c(Nc2cc(Nc3ccc(N4CCCCC4)cc3)ncn2)c1.O=C(O)C(F)(F)F. The number of benzene rings is 2. The van der Waals surface area contributed by atoms with Crippen LogP contribution in [0, 0.1) is 0 Å². The van der Waals surface area contributed by atoms with Crippen molar-refractivity contribution in [3.8, 4) is 0 Å². The van der Waals surface area contributed by atoms with Crippen molar-refractivity contribution < 1.29 is 31.5 Å². The number of rotatable bonds is 8. The smallest absolute Gasteiger partial charge is 0.475 e. The summed E-state index contributed by atoms with van der Waals surface area (Å²) in [6.07, 6.45) is 2.14. The van der Waals surface area contributed by atoms with E-state index in [9.17, 15) is 21.6 Å². The molecule has 4 rings (SSSR count). The van der Waals surface area contributed by atoms with Crippen LogP contribution in [0.2, 0.25) is 0 Å². The Morgan fingerprint density at radius 2 is 1.57 bits per heavy atom. The lowest BCUT2D eigenvalue weighted by molar-refractivity contribution is -0.192. The van der Waals surface area contributed by atoms with Crippen molar-refractivity contribution >= 4 is 56.5 Å². The number of sulfonamides is 1. The summed E-state index contributed by atoms with van der Waals surface area (Å²) in [4.78, 5) is 21.0. The summed E-state index contributed by atoms with van der Waals surface area (Å²) < 4.78 is 58.5. The fraction of sp³-hybridized carbons (Fsp3) is 0.320. The van der Waals surface area contributed by atoms with Gasteiger partial charge in [-0.25, -0.2) is 27.9 Å². The van der Waals surface area contributed by atoms with Gasteiger partial charge in [0.25, 0.3) is 0 Å². The minimum atomic E-state index is -5.08. The second kappa shape index (κ2) is 13.7. The molecule has 15 heteroatoms. The number of hydrogen-bond acceptors (Lipinski definition) is 9. The molecule has 0 radical (unpaired) electrons. The molecule has 0 saturated carbocycles. The Morgan fingerprint density at radius 3 is 2.12 bits per heavy atom. The van der Waals surface area contributed by atoms with Crippen LogP contribution in [-0.2, 0) is 14.8 Å². The van der Waals surface area contributed by atoms with Crippen molar-refractivity contribution in [2.45, 2.75) is 35.2 Å². The number of carboxylic acids is 1. The van der Waals surface area contributed by atoms with Gasteiger partial charge >= 0.3 is 12.1 Å². The first-order valence-electron chi connectivity index (χ1n) is 12.1. The Labute approximate surface area is 234 Å². The number of anilines is 5. The zero-order valence-electron chi connectivity index (χ0n) is 21.7. The number of carbonyl (C=O) groups is 1. The van der Waals surface area contributed by atoms with Gasteiger partial charge in [0.05, 0.1) is 10.6 Å². The third kappa shape index (κ3) is 8.72. The second-order valence-corrected chi connectivity index (χ2v) is 11.2. The Kier molecular flexibility index (Phi) is 10.6. The van der Waals surface area contributed by atoms with Crippen molar-refractivity contribution in [2.24, 2.45) is 0 Å². The number of alkyl halides is 3. The van der Waals surface area contributed by atoms with E-state index in [4.69, 9.17) is 9.90 Å². The Hall–Kier alpha value is -3.56. The summed E-state index contributed by atoms with van der Waals surface area (Å²) >= 11 is 1.52. The van der Waals surface area contributed by atoms with E-state index < -0.39 is 22.2 Å².